The fraction of sp³-hybridized carbons (Fsp3) is 0.538. The maximum absolute atomic E-state index is 6.00. The van der Waals surface area contributed by atoms with E-state index in [0.29, 0.717) is 19.8 Å². The van der Waals surface area contributed by atoms with E-state index in [9.17, 15) is 0 Å². The molecule has 0 saturated carbocycles. The third-order valence-corrected chi connectivity index (χ3v) is 5.89. The van der Waals surface area contributed by atoms with Gasteiger partial charge in [0.25, 0.3) is 0 Å². The van der Waals surface area contributed by atoms with Crippen LogP contribution in [0, 0.1) is 0 Å². The minimum absolute atomic E-state index is 0.593. The largest absolute Gasteiger partial charge is 0.537 e. The van der Waals surface area contributed by atoms with Crippen LogP contribution < -0.4 is 5.19 Å². The molecular formula is C13H21BrO3Si. The normalized spacial score (nSPS) is 11.7. The maximum Gasteiger partial charge on any atom is 0.537 e. The van der Waals surface area contributed by atoms with Crippen molar-refractivity contribution in [2.45, 2.75) is 20.3 Å². The molecular weight excluding hydrogens is 312 g/mol. The van der Waals surface area contributed by atoms with E-state index in [-0.39, 0.29) is 0 Å². The molecule has 0 aliphatic rings. The summed E-state index contributed by atoms with van der Waals surface area (Å²) in [5.74, 6) is 0. The van der Waals surface area contributed by atoms with E-state index in [1.54, 1.807) is 0 Å². The van der Waals surface area contributed by atoms with Crippen molar-refractivity contribution < 1.29 is 13.3 Å². The Balaban J connectivity index is 2.89. The van der Waals surface area contributed by atoms with Gasteiger partial charge in [-0.1, -0.05) is 46.3 Å². The van der Waals surface area contributed by atoms with E-state index in [1.807, 2.05) is 44.2 Å². The van der Waals surface area contributed by atoms with Crippen LogP contribution in [0.2, 0.25) is 0 Å². The second-order valence-corrected chi connectivity index (χ2v) is 7.03. The Bertz CT molecular complexity index is 315. The first kappa shape index (κ1) is 15.9. The topological polar surface area (TPSA) is 27.7 Å². The molecule has 0 fully saturated rings. The predicted molar refractivity (Wildman–Crippen MR) is 79.4 cm³/mol. The van der Waals surface area contributed by atoms with Crippen LogP contribution in [0.15, 0.2) is 30.3 Å². The summed E-state index contributed by atoms with van der Waals surface area (Å²) in [4.78, 5) is 0. The van der Waals surface area contributed by atoms with Crippen LogP contribution in [0.3, 0.4) is 0 Å². The summed E-state index contributed by atoms with van der Waals surface area (Å²) < 4.78 is 17.8. The molecule has 0 heterocycles. The van der Waals surface area contributed by atoms with E-state index in [4.69, 9.17) is 13.3 Å². The monoisotopic (exact) mass is 332 g/mol. The molecule has 0 N–H and O–H groups in total. The molecule has 3 nitrogen and oxygen atoms in total. The molecule has 1 aromatic rings. The van der Waals surface area contributed by atoms with Gasteiger partial charge in [-0.05, 0) is 20.3 Å². The summed E-state index contributed by atoms with van der Waals surface area (Å²) >= 11 is 3.41. The molecule has 1 rings (SSSR count). The zero-order chi connectivity index (χ0) is 13.3. The number of alkyl halides is 1. The molecule has 0 radical (unpaired) electrons. The zero-order valence-electron chi connectivity index (χ0n) is 11.0. The van der Waals surface area contributed by atoms with Crippen molar-refractivity contribution in [3.05, 3.63) is 30.3 Å². The Morgan fingerprint density at radius 2 is 1.61 bits per heavy atom. The van der Waals surface area contributed by atoms with E-state index in [0.717, 1.165) is 16.9 Å². The van der Waals surface area contributed by atoms with Gasteiger partial charge in [-0.25, -0.2) is 0 Å². The second-order valence-electron chi connectivity index (χ2n) is 3.68. The molecule has 0 amide bonds. The van der Waals surface area contributed by atoms with Gasteiger partial charge >= 0.3 is 8.80 Å². The van der Waals surface area contributed by atoms with Gasteiger partial charge in [0.05, 0.1) is 0 Å². The highest BCUT2D eigenvalue weighted by atomic mass is 79.9. The second kappa shape index (κ2) is 8.82. The van der Waals surface area contributed by atoms with Crippen molar-refractivity contribution >= 4 is 29.9 Å². The molecule has 0 bridgehead atoms. The van der Waals surface area contributed by atoms with Crippen molar-refractivity contribution in [1.82, 2.24) is 0 Å². The minimum Gasteiger partial charge on any atom is -0.370 e. The molecule has 18 heavy (non-hydrogen) atoms. The summed E-state index contributed by atoms with van der Waals surface area (Å²) in [6.45, 7) is 5.77. The van der Waals surface area contributed by atoms with Gasteiger partial charge in [0, 0.05) is 30.3 Å². The van der Waals surface area contributed by atoms with Crippen molar-refractivity contribution in [3.63, 3.8) is 0 Å². The number of rotatable bonds is 9. The SMILES string of the molecule is CCO[Si](OCC)(OCCCBr)c1ccccc1. The maximum atomic E-state index is 6.00. The molecule has 102 valence electrons. The predicted octanol–water partition coefficient (Wildman–Crippen LogP) is 2.71. The minimum atomic E-state index is -2.73. The van der Waals surface area contributed by atoms with Crippen molar-refractivity contribution in [2.24, 2.45) is 0 Å². The molecule has 1 aromatic carbocycles. The van der Waals surface area contributed by atoms with Gasteiger partial charge in [0.1, 0.15) is 0 Å². The lowest BCUT2D eigenvalue weighted by atomic mass is 10.4. The molecule has 0 aliphatic heterocycles. The summed E-state index contributed by atoms with van der Waals surface area (Å²) in [5.41, 5.74) is 0. The molecule has 0 unspecified atom stereocenters. The summed E-state index contributed by atoms with van der Waals surface area (Å²) in [6, 6.07) is 10.0. The lowest BCUT2D eigenvalue weighted by Crippen LogP contribution is -2.57. The van der Waals surface area contributed by atoms with Gasteiger partial charge in [-0.2, -0.15) is 0 Å². The van der Waals surface area contributed by atoms with Crippen molar-refractivity contribution in [2.75, 3.05) is 25.2 Å². The van der Waals surface area contributed by atoms with E-state index in [2.05, 4.69) is 15.9 Å². The average molecular weight is 333 g/mol. The number of hydrogen-bond acceptors (Lipinski definition) is 3. The number of halogens is 1. The molecule has 0 aromatic heterocycles. The smallest absolute Gasteiger partial charge is 0.370 e. The highest BCUT2D eigenvalue weighted by Gasteiger charge is 2.43. The van der Waals surface area contributed by atoms with Crippen LogP contribution in [0.1, 0.15) is 20.3 Å². The Kier molecular flexibility index (Phi) is 7.77. The summed E-state index contributed by atoms with van der Waals surface area (Å²) in [6.07, 6.45) is 0.946. The van der Waals surface area contributed by atoms with Crippen LogP contribution in [0.5, 0.6) is 0 Å². The Hall–Kier alpha value is -0.203. The van der Waals surface area contributed by atoms with Crippen LogP contribution in [-0.4, -0.2) is 34.0 Å². The third-order valence-electron chi connectivity index (χ3n) is 2.37. The van der Waals surface area contributed by atoms with Crippen LogP contribution >= 0.6 is 15.9 Å². The Morgan fingerprint density at radius 3 is 2.11 bits per heavy atom. The molecule has 5 heteroatoms. The third kappa shape index (κ3) is 4.48. The fourth-order valence-corrected chi connectivity index (χ4v) is 4.41. The highest BCUT2D eigenvalue weighted by Crippen LogP contribution is 2.11. The number of benzene rings is 1. The Labute approximate surface area is 119 Å². The first-order chi connectivity index (χ1) is 8.79. The van der Waals surface area contributed by atoms with Crippen LogP contribution in [-0.2, 0) is 13.3 Å². The van der Waals surface area contributed by atoms with Gasteiger partial charge in [0.2, 0.25) is 0 Å². The number of hydrogen-bond donors (Lipinski definition) is 0. The first-order valence-electron chi connectivity index (χ1n) is 6.32. The molecule has 0 aliphatic carbocycles. The van der Waals surface area contributed by atoms with Crippen molar-refractivity contribution in [3.8, 4) is 0 Å². The zero-order valence-corrected chi connectivity index (χ0v) is 13.6. The summed E-state index contributed by atoms with van der Waals surface area (Å²) in [5, 5.41) is 1.95. The van der Waals surface area contributed by atoms with Crippen molar-refractivity contribution in [1.29, 1.82) is 0 Å². The van der Waals surface area contributed by atoms with Gasteiger partial charge in [0.15, 0.2) is 0 Å². The first-order valence-corrected chi connectivity index (χ1v) is 9.17. The van der Waals surface area contributed by atoms with Gasteiger partial charge in [-0.15, -0.1) is 0 Å². The van der Waals surface area contributed by atoms with Crippen LogP contribution in [0.25, 0.3) is 0 Å². The average Bonchev–Trinajstić information content (AvgIpc) is 2.40. The molecule has 0 atom stereocenters. The molecule has 0 saturated heterocycles. The van der Waals surface area contributed by atoms with Gasteiger partial charge < -0.3 is 13.3 Å². The lowest BCUT2D eigenvalue weighted by Gasteiger charge is -2.29. The summed E-state index contributed by atoms with van der Waals surface area (Å²) in [7, 11) is -2.73. The van der Waals surface area contributed by atoms with Crippen LogP contribution in [0.4, 0.5) is 0 Å². The quantitative estimate of drug-likeness (QED) is 0.395. The van der Waals surface area contributed by atoms with E-state index < -0.39 is 8.80 Å². The Morgan fingerprint density at radius 1 is 1.00 bits per heavy atom. The van der Waals surface area contributed by atoms with Gasteiger partial charge in [-0.3, -0.25) is 0 Å². The molecule has 0 spiro atoms. The standard InChI is InChI=1S/C13H21BrO3Si/c1-3-15-18(16-4-2,17-12-8-11-14)13-9-6-5-7-10-13/h5-7,9-10H,3-4,8,11-12H2,1-2H3. The highest BCUT2D eigenvalue weighted by molar-refractivity contribution is 9.09. The fourth-order valence-electron chi connectivity index (χ4n) is 1.66. The van der Waals surface area contributed by atoms with E-state index in [1.165, 1.54) is 0 Å². The lowest BCUT2D eigenvalue weighted by molar-refractivity contribution is 0.0818. The van der Waals surface area contributed by atoms with E-state index >= 15 is 0 Å².